The van der Waals surface area contributed by atoms with E-state index in [4.69, 9.17) is 0 Å². The molecule has 0 amide bonds. The first kappa shape index (κ1) is 9.20. The van der Waals surface area contributed by atoms with Crippen LogP contribution in [-0.2, 0) is 6.42 Å². The molecule has 0 bridgehead atoms. The predicted octanol–water partition coefficient (Wildman–Crippen LogP) is 3.61. The van der Waals surface area contributed by atoms with Gasteiger partial charge in [-0.2, -0.15) is 0 Å². The van der Waals surface area contributed by atoms with Crippen molar-refractivity contribution in [3.63, 3.8) is 0 Å². The monoisotopic (exact) mass is 195 g/mol. The van der Waals surface area contributed by atoms with Crippen molar-refractivity contribution in [1.29, 1.82) is 0 Å². The molecule has 1 fully saturated rings. The highest BCUT2D eigenvalue weighted by molar-refractivity contribution is 7.09. The molecule has 1 aliphatic carbocycles. The fraction of sp³-hybridized carbons (Fsp3) is 0.727. The molecule has 2 heteroatoms. The van der Waals surface area contributed by atoms with Crippen molar-refractivity contribution in [2.24, 2.45) is 5.92 Å². The summed E-state index contributed by atoms with van der Waals surface area (Å²) < 4.78 is 0. The summed E-state index contributed by atoms with van der Waals surface area (Å²) in [5, 5.41) is 3.60. The second-order valence-electron chi connectivity index (χ2n) is 4.12. The topological polar surface area (TPSA) is 12.9 Å². The average molecular weight is 195 g/mol. The largest absolute Gasteiger partial charge is 0.246 e. The second-order valence-corrected chi connectivity index (χ2v) is 5.07. The highest BCUT2D eigenvalue weighted by Gasteiger charge is 2.23. The quantitative estimate of drug-likeness (QED) is 0.715. The Morgan fingerprint density at radius 2 is 2.38 bits per heavy atom. The molecule has 0 saturated heterocycles. The molecule has 0 aliphatic heterocycles. The standard InChI is InChI=1S/C11H17NS/c1-3-8(2)10-7-13-11(12-10)6-9-4-5-9/h7-9H,3-6H2,1-2H3. The highest BCUT2D eigenvalue weighted by Crippen LogP contribution is 2.34. The lowest BCUT2D eigenvalue weighted by molar-refractivity contribution is 0.705. The molecule has 0 aromatic carbocycles. The van der Waals surface area contributed by atoms with Gasteiger partial charge in [0.1, 0.15) is 0 Å². The van der Waals surface area contributed by atoms with Crippen LogP contribution in [0.25, 0.3) is 0 Å². The van der Waals surface area contributed by atoms with Crippen LogP contribution in [0.15, 0.2) is 5.38 Å². The molecule has 2 rings (SSSR count). The molecule has 1 saturated carbocycles. The van der Waals surface area contributed by atoms with E-state index in [1.165, 1.54) is 36.4 Å². The summed E-state index contributed by atoms with van der Waals surface area (Å²) in [6.45, 7) is 4.49. The Morgan fingerprint density at radius 3 is 3.00 bits per heavy atom. The molecule has 1 nitrogen and oxygen atoms in total. The SMILES string of the molecule is CCC(C)c1csc(CC2CC2)n1. The maximum Gasteiger partial charge on any atom is 0.0931 e. The van der Waals surface area contributed by atoms with Crippen LogP contribution in [0.2, 0.25) is 0 Å². The van der Waals surface area contributed by atoms with Gasteiger partial charge in [0.15, 0.2) is 0 Å². The van der Waals surface area contributed by atoms with Gasteiger partial charge >= 0.3 is 0 Å². The van der Waals surface area contributed by atoms with Gasteiger partial charge in [-0.25, -0.2) is 4.98 Å². The van der Waals surface area contributed by atoms with E-state index in [1.54, 1.807) is 0 Å². The average Bonchev–Trinajstić information content (AvgIpc) is 2.81. The van der Waals surface area contributed by atoms with E-state index in [1.807, 2.05) is 11.3 Å². The van der Waals surface area contributed by atoms with Gasteiger partial charge in [0, 0.05) is 11.8 Å². The third-order valence-electron chi connectivity index (χ3n) is 2.85. The second kappa shape index (κ2) is 3.79. The third kappa shape index (κ3) is 2.31. The first-order valence-electron chi connectivity index (χ1n) is 5.24. The fourth-order valence-corrected chi connectivity index (χ4v) is 2.46. The van der Waals surface area contributed by atoms with Gasteiger partial charge in [-0.05, 0) is 31.1 Å². The smallest absolute Gasteiger partial charge is 0.0931 e. The lowest BCUT2D eigenvalue weighted by Crippen LogP contribution is -1.93. The third-order valence-corrected chi connectivity index (χ3v) is 3.74. The van der Waals surface area contributed by atoms with Gasteiger partial charge in [-0.3, -0.25) is 0 Å². The van der Waals surface area contributed by atoms with Crippen LogP contribution in [0.5, 0.6) is 0 Å². The molecule has 1 aliphatic rings. The van der Waals surface area contributed by atoms with E-state index in [-0.39, 0.29) is 0 Å². The number of hydrogen-bond donors (Lipinski definition) is 0. The molecule has 1 unspecified atom stereocenters. The first-order valence-corrected chi connectivity index (χ1v) is 6.12. The van der Waals surface area contributed by atoms with Crippen LogP contribution in [0, 0.1) is 5.92 Å². The Hall–Kier alpha value is -0.370. The molecule has 0 radical (unpaired) electrons. The summed E-state index contributed by atoms with van der Waals surface area (Å²) in [5.74, 6) is 1.61. The van der Waals surface area contributed by atoms with Crippen LogP contribution in [0.4, 0.5) is 0 Å². The molecule has 13 heavy (non-hydrogen) atoms. The molecule has 1 atom stereocenters. The van der Waals surface area contributed by atoms with Gasteiger partial charge in [-0.15, -0.1) is 11.3 Å². The molecule has 72 valence electrons. The van der Waals surface area contributed by atoms with Crippen molar-refractivity contribution < 1.29 is 0 Å². The van der Waals surface area contributed by atoms with Crippen LogP contribution >= 0.6 is 11.3 Å². The lowest BCUT2D eigenvalue weighted by Gasteiger charge is -2.02. The summed E-state index contributed by atoms with van der Waals surface area (Å²) in [4.78, 5) is 4.68. The Labute approximate surface area is 84.2 Å². The number of aromatic nitrogens is 1. The molecular weight excluding hydrogens is 178 g/mol. The minimum atomic E-state index is 0.643. The van der Waals surface area contributed by atoms with Crippen molar-refractivity contribution in [3.05, 3.63) is 16.1 Å². The zero-order chi connectivity index (χ0) is 9.26. The predicted molar refractivity (Wildman–Crippen MR) is 57.2 cm³/mol. The van der Waals surface area contributed by atoms with Gasteiger partial charge in [0.25, 0.3) is 0 Å². The maximum absolute atomic E-state index is 4.68. The van der Waals surface area contributed by atoms with Gasteiger partial charge in [0.2, 0.25) is 0 Å². The normalized spacial score (nSPS) is 18.9. The van der Waals surface area contributed by atoms with Crippen molar-refractivity contribution in [3.8, 4) is 0 Å². The molecule has 0 N–H and O–H groups in total. The van der Waals surface area contributed by atoms with E-state index in [9.17, 15) is 0 Å². The van der Waals surface area contributed by atoms with E-state index < -0.39 is 0 Å². The summed E-state index contributed by atoms with van der Waals surface area (Å²) in [7, 11) is 0. The van der Waals surface area contributed by atoms with Crippen LogP contribution in [-0.4, -0.2) is 4.98 Å². The van der Waals surface area contributed by atoms with Gasteiger partial charge in [0.05, 0.1) is 10.7 Å². The molecule has 1 aromatic rings. The van der Waals surface area contributed by atoms with Crippen LogP contribution < -0.4 is 0 Å². The zero-order valence-corrected chi connectivity index (χ0v) is 9.23. The Morgan fingerprint density at radius 1 is 1.62 bits per heavy atom. The van der Waals surface area contributed by atoms with Gasteiger partial charge < -0.3 is 0 Å². The number of rotatable bonds is 4. The summed E-state index contributed by atoms with van der Waals surface area (Å²) in [6, 6.07) is 0. The van der Waals surface area contributed by atoms with Crippen molar-refractivity contribution in [1.82, 2.24) is 4.98 Å². The Bertz CT molecular complexity index is 275. The van der Waals surface area contributed by atoms with Crippen LogP contribution in [0.3, 0.4) is 0 Å². The molecule has 1 aromatic heterocycles. The molecular formula is C11H17NS. The van der Waals surface area contributed by atoms with Crippen molar-refractivity contribution >= 4 is 11.3 Å². The molecule has 0 spiro atoms. The summed E-state index contributed by atoms with van der Waals surface area (Å²) in [5.41, 5.74) is 1.31. The first-order chi connectivity index (χ1) is 6.29. The van der Waals surface area contributed by atoms with E-state index >= 15 is 0 Å². The fourth-order valence-electron chi connectivity index (χ4n) is 1.42. The number of nitrogens with zero attached hydrogens (tertiary/aromatic N) is 1. The Kier molecular flexibility index (Phi) is 2.68. The van der Waals surface area contributed by atoms with Crippen molar-refractivity contribution in [2.75, 3.05) is 0 Å². The lowest BCUT2D eigenvalue weighted by atomic mass is 10.1. The molecule has 1 heterocycles. The Balaban J connectivity index is 1.99. The zero-order valence-electron chi connectivity index (χ0n) is 8.42. The number of thiazole rings is 1. The minimum absolute atomic E-state index is 0.643. The van der Waals surface area contributed by atoms with Crippen LogP contribution in [0.1, 0.15) is 49.7 Å². The highest BCUT2D eigenvalue weighted by atomic mass is 32.1. The minimum Gasteiger partial charge on any atom is -0.246 e. The summed E-state index contributed by atoms with van der Waals surface area (Å²) in [6.07, 6.45) is 5.30. The summed E-state index contributed by atoms with van der Waals surface area (Å²) >= 11 is 1.85. The van der Waals surface area contributed by atoms with E-state index in [2.05, 4.69) is 24.2 Å². The maximum atomic E-state index is 4.68. The van der Waals surface area contributed by atoms with E-state index in [0.29, 0.717) is 5.92 Å². The van der Waals surface area contributed by atoms with E-state index in [0.717, 1.165) is 5.92 Å². The van der Waals surface area contributed by atoms with Crippen molar-refractivity contribution in [2.45, 2.75) is 45.4 Å². The van der Waals surface area contributed by atoms with Gasteiger partial charge in [-0.1, -0.05) is 13.8 Å². The number of hydrogen-bond acceptors (Lipinski definition) is 2.